The van der Waals surface area contributed by atoms with E-state index in [-0.39, 0.29) is 95.5 Å². The van der Waals surface area contributed by atoms with Crippen molar-refractivity contribution in [3.8, 4) is 0 Å². The molecule has 0 aliphatic carbocycles. The Hall–Kier alpha value is -14.8. The molecule has 123 heavy (non-hydrogen) atoms. The van der Waals surface area contributed by atoms with Gasteiger partial charge in [0.15, 0.2) is 0 Å². The lowest BCUT2D eigenvalue weighted by Crippen LogP contribution is -2.56. The van der Waals surface area contributed by atoms with Crippen LogP contribution in [0.3, 0.4) is 0 Å². The van der Waals surface area contributed by atoms with Gasteiger partial charge in [0.05, 0.1) is 71.9 Å². The van der Waals surface area contributed by atoms with Crippen LogP contribution in [-0.4, -0.2) is 205 Å². The first kappa shape index (κ1) is 87.5. The number of benzene rings is 8. The fraction of sp³-hybridized carbons (Fsp3) is 0.266. The zero-order valence-corrected chi connectivity index (χ0v) is 67.4. The number of nitrogens with zero attached hydrogens (tertiary/aromatic N) is 6. The number of imide groups is 4. The molecule has 3 N–H and O–H groups in total. The van der Waals surface area contributed by atoms with Gasteiger partial charge >= 0.3 is 23.9 Å². The smallest absolute Gasteiger partial charge is 0.328 e. The first-order chi connectivity index (χ1) is 59.5. The highest BCUT2D eigenvalue weighted by atomic mass is 16.5. The second-order valence-corrected chi connectivity index (χ2v) is 29.7. The highest BCUT2D eigenvalue weighted by molar-refractivity contribution is 6.26. The minimum atomic E-state index is -1.16. The van der Waals surface area contributed by atoms with Gasteiger partial charge < -0.3 is 44.5 Å². The summed E-state index contributed by atoms with van der Waals surface area (Å²) in [4.78, 5) is 224. The van der Waals surface area contributed by atoms with Gasteiger partial charge in [-0.2, -0.15) is 0 Å². The largest absolute Gasteiger partial charge is 0.480 e. The normalized spacial score (nSPS) is 18.3. The summed E-state index contributed by atoms with van der Waals surface area (Å²) in [6.07, 6.45) is 9.75. The number of nitrogens with one attached hydrogen (secondary N) is 2. The van der Waals surface area contributed by atoms with Gasteiger partial charge in [-0.25, -0.2) is 19.2 Å². The number of carbonyl (C=O) groups excluding carboxylic acids is 16. The van der Waals surface area contributed by atoms with Gasteiger partial charge in [0, 0.05) is 38.3 Å². The summed E-state index contributed by atoms with van der Waals surface area (Å²) >= 11 is 0. The summed E-state index contributed by atoms with van der Waals surface area (Å²) in [5.74, 6) is -9.35. The van der Waals surface area contributed by atoms with E-state index in [9.17, 15) is 86.6 Å². The molecule has 0 bridgehead atoms. The fourth-order valence-electron chi connectivity index (χ4n) is 16.2. The minimum Gasteiger partial charge on any atom is -0.480 e. The second-order valence-electron chi connectivity index (χ2n) is 29.7. The van der Waals surface area contributed by atoms with E-state index in [1.807, 2.05) is 78.9 Å². The number of unbranched alkanes of at least 4 members (excludes halogenated alkanes) is 1. The van der Waals surface area contributed by atoms with Crippen molar-refractivity contribution < 1.29 is 101 Å². The van der Waals surface area contributed by atoms with Crippen LogP contribution in [0.1, 0.15) is 175 Å². The molecule has 2 unspecified atom stereocenters. The molecule has 7 aliphatic rings. The highest BCUT2D eigenvalue weighted by Crippen LogP contribution is 2.42. The number of esters is 3. The van der Waals surface area contributed by atoms with E-state index >= 15 is 0 Å². The summed E-state index contributed by atoms with van der Waals surface area (Å²) in [5, 5.41) is 15.0. The molecule has 7 heterocycles. The van der Waals surface area contributed by atoms with E-state index in [4.69, 9.17) is 14.2 Å². The number of aliphatic carboxylic acids is 1. The number of allylic oxidation sites excluding steroid dienone is 1. The number of ether oxygens (including phenoxy) is 3. The molecule has 0 aromatic heterocycles. The van der Waals surface area contributed by atoms with Gasteiger partial charge in [0.2, 0.25) is 17.7 Å². The molecule has 0 spiro atoms. The van der Waals surface area contributed by atoms with Crippen molar-refractivity contribution in [2.75, 3.05) is 21.3 Å². The standard InChI is InChI=1S/C24H24N2O6.C24H22N2O5.C23H20N2O5.C23H22N2O5/c1-32-24(31)19(13-7-8-14-27)25-21(28)20(15-16-9-3-2-4-10-16)26-22(29)17-11-5-6-12-18(17)23(26)30;1-31-24(30)19-13-7-8-14-25(19)23(29)20(15-16-9-3-2-4-10-16)26-21(27)17-11-5-6-12-18(17)22(26)28;26-20-15-8-3-4-9-16(15)21(27)25(20)19-12-13-6-1-2-7-14(13)17-10-5-11-18(23(29)30)24(17)22(19)28;1-3-9-18(23(29)30-2)24-20(26)19(14-15-10-5-4-6-11-15)25-21(27)16-12-7-8-13-17(16)22(25)28/h2-6,9-12,14,19-20H,7-8,13,15H2,1H3,(H,25,28);2-6,8-12,14,19-20H,7,13,15H2,1H3;1-4,6-9,17-19H,5,10-12H2,(H,29,30);3-8,10-13,18-19H,1,9,14H2,2H3,(H,24,26)/t2*19-,20-;17?,18?,19-;18-,19-/m0000/s1. The highest BCUT2D eigenvalue weighted by Gasteiger charge is 2.52. The number of hydrogen-bond acceptors (Lipinski definition) is 20. The van der Waals surface area contributed by atoms with Crippen molar-refractivity contribution in [1.29, 1.82) is 0 Å². The number of hydrogen-bond donors (Lipinski definition) is 3. The molecule has 8 aromatic carbocycles. The molecule has 7 aliphatic heterocycles. The van der Waals surface area contributed by atoms with Gasteiger partial charge in [-0.05, 0) is 128 Å². The number of methoxy groups -OCH3 is 3. The van der Waals surface area contributed by atoms with Crippen LogP contribution in [0.25, 0.3) is 0 Å². The number of carbonyl (C=O) groups is 17. The minimum absolute atomic E-state index is 0.0837. The van der Waals surface area contributed by atoms with Gasteiger partial charge in [-0.15, -0.1) is 6.58 Å². The van der Waals surface area contributed by atoms with Crippen LogP contribution in [0.2, 0.25) is 0 Å². The third-order valence-corrected chi connectivity index (χ3v) is 22.3. The monoisotopic (exact) mass is 1660 g/mol. The summed E-state index contributed by atoms with van der Waals surface area (Å²) in [7, 11) is 3.69. The van der Waals surface area contributed by atoms with Crippen LogP contribution >= 0.6 is 0 Å². The number of carboxylic acids is 1. The average Bonchev–Trinajstić information content (AvgIpc) is 1.60. The number of amides is 12. The van der Waals surface area contributed by atoms with E-state index in [0.717, 1.165) is 53.7 Å². The Kier molecular flexibility index (Phi) is 28.4. The lowest BCUT2D eigenvalue weighted by atomic mass is 9.89. The van der Waals surface area contributed by atoms with E-state index in [2.05, 4.69) is 17.2 Å². The Morgan fingerprint density at radius 2 is 0.854 bits per heavy atom. The van der Waals surface area contributed by atoms with Crippen LogP contribution in [0.4, 0.5) is 0 Å². The third-order valence-electron chi connectivity index (χ3n) is 22.3. The molecule has 9 atom stereocenters. The predicted molar refractivity (Wildman–Crippen MR) is 442 cm³/mol. The molecular formula is C94H88N8O21. The Morgan fingerprint density at radius 1 is 0.463 bits per heavy atom. The van der Waals surface area contributed by atoms with E-state index in [0.29, 0.717) is 38.5 Å². The van der Waals surface area contributed by atoms with Gasteiger partial charge in [-0.1, -0.05) is 176 Å². The molecule has 29 nitrogen and oxygen atoms in total. The van der Waals surface area contributed by atoms with Crippen molar-refractivity contribution in [2.24, 2.45) is 0 Å². The number of aldehydes is 1. The summed E-state index contributed by atoms with van der Waals surface area (Å²) < 4.78 is 14.4. The quantitative estimate of drug-likeness (QED) is 0.0120. The Bertz CT molecular complexity index is 5360. The Morgan fingerprint density at radius 3 is 1.27 bits per heavy atom. The van der Waals surface area contributed by atoms with Crippen molar-refractivity contribution >= 4 is 101 Å². The fourth-order valence-corrected chi connectivity index (χ4v) is 16.2. The van der Waals surface area contributed by atoms with E-state index < -0.39 is 143 Å². The van der Waals surface area contributed by atoms with Crippen LogP contribution < -0.4 is 10.6 Å². The van der Waals surface area contributed by atoms with Crippen LogP contribution in [0.15, 0.2) is 237 Å². The summed E-state index contributed by atoms with van der Waals surface area (Å²) in [5.41, 5.74) is 6.16. The first-order valence-corrected chi connectivity index (χ1v) is 40.0. The molecule has 0 radical (unpaired) electrons. The Labute approximate surface area is 707 Å². The second kappa shape index (κ2) is 39.9. The number of piperidine rings is 1. The lowest BCUT2D eigenvalue weighted by molar-refractivity contribution is -0.156. The molecular weight excluding hydrogens is 1580 g/mol. The van der Waals surface area contributed by atoms with Crippen molar-refractivity contribution in [3.05, 3.63) is 310 Å². The SMILES string of the molecule is C=CC[C@H](NC(=O)[C@H](Cc1ccccc1)N1C(=O)c2ccccc2C1=O)C(=O)OC.COC(=O)[C@@H]1CCC=CN1C(=O)[C@H](Cc1ccccc1)N1C(=O)c2ccccc2C1=O.COC(=O)[C@H](CCCC=O)NC(=O)[C@H](Cc1ccccc1)N1C(=O)c2ccccc2C1=O.O=C(O)C1CCCC2c3ccccc3C[C@H](N3C(=O)c4ccccc4C3=O)C(=O)N12. The van der Waals surface area contributed by atoms with Crippen LogP contribution in [0.5, 0.6) is 0 Å². The molecule has 29 heteroatoms. The van der Waals surface area contributed by atoms with Crippen LogP contribution in [0, 0.1) is 0 Å². The molecule has 0 saturated carbocycles. The maximum absolute atomic E-state index is 13.7. The number of fused-ring (bicyclic) bond motifs is 7. The van der Waals surface area contributed by atoms with E-state index in [1.54, 1.807) is 146 Å². The third kappa shape index (κ3) is 18.8. The lowest BCUT2D eigenvalue weighted by Gasteiger charge is -2.41. The molecule has 15 rings (SSSR count). The van der Waals surface area contributed by atoms with Gasteiger partial charge in [-0.3, -0.25) is 77.1 Å². The van der Waals surface area contributed by atoms with Crippen molar-refractivity contribution in [2.45, 2.75) is 138 Å². The number of carboxylic acid groups (broad SMARTS) is 1. The molecule has 630 valence electrons. The average molecular weight is 1670 g/mol. The Balaban J connectivity index is 0.000000150. The van der Waals surface area contributed by atoms with Crippen molar-refractivity contribution in [3.63, 3.8) is 0 Å². The predicted octanol–water partition coefficient (Wildman–Crippen LogP) is 9.03. The molecule has 8 aromatic rings. The zero-order valence-electron chi connectivity index (χ0n) is 67.4. The summed E-state index contributed by atoms with van der Waals surface area (Å²) in [6, 6.07) is 52.1. The topological polar surface area (TPSA) is 382 Å². The first-order valence-electron chi connectivity index (χ1n) is 40.0. The maximum atomic E-state index is 13.7. The summed E-state index contributed by atoms with van der Waals surface area (Å²) in [6.45, 7) is 3.59. The molecule has 1 fully saturated rings. The van der Waals surface area contributed by atoms with E-state index in [1.165, 1.54) is 37.2 Å². The van der Waals surface area contributed by atoms with Gasteiger partial charge in [0.25, 0.3) is 53.2 Å². The van der Waals surface area contributed by atoms with Crippen molar-refractivity contribution in [1.82, 2.24) is 40.0 Å². The zero-order chi connectivity index (χ0) is 87.7. The maximum Gasteiger partial charge on any atom is 0.328 e. The molecule has 1 saturated heterocycles. The van der Waals surface area contributed by atoms with Crippen LogP contribution in [-0.2, 0) is 83.0 Å². The molecule has 12 amide bonds. The van der Waals surface area contributed by atoms with Gasteiger partial charge in [0.1, 0.15) is 54.6 Å². The number of rotatable bonds is 25.